The molecule has 140 valence electrons. The Kier molecular flexibility index (Phi) is 6.75. The maximum absolute atomic E-state index is 11.9. The topological polar surface area (TPSA) is 59.6 Å². The lowest BCUT2D eigenvalue weighted by atomic mass is 10.1. The molecule has 0 aromatic heterocycles. The molecular weight excluding hydrogens is 352 g/mol. The highest BCUT2D eigenvalue weighted by atomic mass is 35.5. The molecule has 0 radical (unpaired) electrons. The van der Waals surface area contributed by atoms with Crippen LogP contribution in [0.25, 0.3) is 0 Å². The van der Waals surface area contributed by atoms with Gasteiger partial charge in [-0.15, -0.1) is 0 Å². The molecule has 5 nitrogen and oxygen atoms in total. The van der Waals surface area contributed by atoms with Crippen LogP contribution in [0.5, 0.6) is 11.5 Å². The summed E-state index contributed by atoms with van der Waals surface area (Å²) in [6, 6.07) is 13.2. The average Bonchev–Trinajstić information content (AvgIpc) is 2.57. The molecule has 0 bridgehead atoms. The summed E-state index contributed by atoms with van der Waals surface area (Å²) in [4.78, 5) is 11.9. The van der Waals surface area contributed by atoms with Gasteiger partial charge in [-0.2, -0.15) is 0 Å². The van der Waals surface area contributed by atoms with Crippen LogP contribution in [-0.4, -0.2) is 25.2 Å². The quantitative estimate of drug-likeness (QED) is 0.758. The van der Waals surface area contributed by atoms with Crippen LogP contribution in [0.2, 0.25) is 5.02 Å². The maximum atomic E-state index is 11.9. The fraction of sp³-hybridized carbons (Fsp3) is 0.350. The Balaban J connectivity index is 1.97. The molecule has 0 aliphatic heterocycles. The number of hydrogen-bond donors (Lipinski definition) is 2. The van der Waals surface area contributed by atoms with E-state index < -0.39 is 0 Å². The Morgan fingerprint density at radius 2 is 1.88 bits per heavy atom. The number of anilines is 1. The summed E-state index contributed by atoms with van der Waals surface area (Å²) in [5.74, 6) is 0.938. The summed E-state index contributed by atoms with van der Waals surface area (Å²) >= 11 is 5.99. The molecule has 0 fully saturated rings. The molecule has 0 saturated carbocycles. The molecule has 6 heteroatoms. The zero-order valence-electron chi connectivity index (χ0n) is 15.6. The lowest BCUT2D eigenvalue weighted by Gasteiger charge is -2.20. The monoisotopic (exact) mass is 376 g/mol. The summed E-state index contributed by atoms with van der Waals surface area (Å²) in [5.41, 5.74) is 1.67. The van der Waals surface area contributed by atoms with Crippen molar-refractivity contribution >= 4 is 23.2 Å². The van der Waals surface area contributed by atoms with E-state index in [0.717, 1.165) is 11.3 Å². The van der Waals surface area contributed by atoms with Gasteiger partial charge in [0, 0.05) is 22.8 Å². The molecule has 2 N–H and O–H groups in total. The minimum absolute atomic E-state index is 0.0618. The van der Waals surface area contributed by atoms with Gasteiger partial charge >= 0.3 is 0 Å². The van der Waals surface area contributed by atoms with Crippen LogP contribution < -0.4 is 20.1 Å². The van der Waals surface area contributed by atoms with Crippen molar-refractivity contribution in [2.75, 3.05) is 19.0 Å². The largest absolute Gasteiger partial charge is 0.493 e. The summed E-state index contributed by atoms with van der Waals surface area (Å²) in [7, 11) is 1.57. The number of nitrogens with one attached hydrogen (secondary N) is 2. The van der Waals surface area contributed by atoms with E-state index in [2.05, 4.69) is 10.6 Å². The first-order valence-corrected chi connectivity index (χ1v) is 8.75. The van der Waals surface area contributed by atoms with Crippen molar-refractivity contribution in [3.05, 3.63) is 53.1 Å². The van der Waals surface area contributed by atoms with E-state index in [4.69, 9.17) is 21.1 Å². The zero-order valence-corrected chi connectivity index (χ0v) is 16.3. The van der Waals surface area contributed by atoms with Gasteiger partial charge in [-0.25, -0.2) is 0 Å². The van der Waals surface area contributed by atoms with Gasteiger partial charge < -0.3 is 20.1 Å². The Morgan fingerprint density at radius 3 is 2.54 bits per heavy atom. The van der Waals surface area contributed by atoms with E-state index in [9.17, 15) is 4.79 Å². The Labute approximate surface area is 159 Å². The van der Waals surface area contributed by atoms with Crippen molar-refractivity contribution in [2.45, 2.75) is 32.9 Å². The molecule has 2 aromatic rings. The third-order valence-electron chi connectivity index (χ3n) is 3.42. The first-order chi connectivity index (χ1) is 12.3. The highest BCUT2D eigenvalue weighted by Crippen LogP contribution is 2.28. The van der Waals surface area contributed by atoms with Crippen LogP contribution in [0.3, 0.4) is 0 Å². The number of benzene rings is 2. The van der Waals surface area contributed by atoms with Gasteiger partial charge in [0.1, 0.15) is 0 Å². The molecule has 0 atom stereocenters. The number of rotatable bonds is 7. The second-order valence-electron chi connectivity index (χ2n) is 6.94. The lowest BCUT2D eigenvalue weighted by molar-refractivity contribution is -0.124. The molecule has 2 aromatic carbocycles. The van der Waals surface area contributed by atoms with Gasteiger partial charge in [-0.3, -0.25) is 4.79 Å². The molecule has 0 unspecified atom stereocenters. The van der Waals surface area contributed by atoms with Crippen LogP contribution in [0.4, 0.5) is 5.69 Å². The predicted octanol–water partition coefficient (Wildman–Crippen LogP) is 4.25. The van der Waals surface area contributed by atoms with Gasteiger partial charge in [0.05, 0.1) is 7.11 Å². The van der Waals surface area contributed by atoms with Gasteiger partial charge in [0.15, 0.2) is 18.1 Å². The van der Waals surface area contributed by atoms with Crippen molar-refractivity contribution < 1.29 is 14.3 Å². The first-order valence-electron chi connectivity index (χ1n) is 8.37. The molecule has 26 heavy (non-hydrogen) atoms. The number of hydrogen-bond acceptors (Lipinski definition) is 4. The SMILES string of the molecule is COc1cc(CNc2cccc(Cl)c2)ccc1OCC(=O)NC(C)(C)C. The standard InChI is InChI=1S/C20H25ClN2O3/c1-20(2,3)23-19(24)13-26-17-9-8-14(10-18(17)25-4)12-22-16-7-5-6-15(21)11-16/h5-11,22H,12-13H2,1-4H3,(H,23,24). The van der Waals surface area contributed by atoms with Crippen molar-refractivity contribution in [3.63, 3.8) is 0 Å². The number of carbonyl (C=O) groups is 1. The number of halogens is 1. The summed E-state index contributed by atoms with van der Waals surface area (Å²) in [5, 5.41) is 6.84. The average molecular weight is 377 g/mol. The molecular formula is C20H25ClN2O3. The van der Waals surface area contributed by atoms with Gasteiger partial charge in [0.2, 0.25) is 0 Å². The van der Waals surface area contributed by atoms with Crippen LogP contribution in [0.15, 0.2) is 42.5 Å². The van der Waals surface area contributed by atoms with Crippen molar-refractivity contribution in [3.8, 4) is 11.5 Å². The van der Waals surface area contributed by atoms with Crippen molar-refractivity contribution in [1.29, 1.82) is 0 Å². The Bertz CT molecular complexity index is 757. The fourth-order valence-corrected chi connectivity index (χ4v) is 2.53. The third-order valence-corrected chi connectivity index (χ3v) is 3.66. The normalized spacial score (nSPS) is 11.0. The van der Waals surface area contributed by atoms with Gasteiger partial charge in [0.25, 0.3) is 5.91 Å². The van der Waals surface area contributed by atoms with Gasteiger partial charge in [-0.05, 0) is 56.7 Å². The minimum atomic E-state index is -0.291. The Hall–Kier alpha value is -2.40. The summed E-state index contributed by atoms with van der Waals surface area (Å²) in [6.45, 7) is 6.32. The maximum Gasteiger partial charge on any atom is 0.258 e. The van der Waals surface area contributed by atoms with Crippen LogP contribution >= 0.6 is 11.6 Å². The second-order valence-corrected chi connectivity index (χ2v) is 7.37. The molecule has 0 aliphatic carbocycles. The molecule has 0 aliphatic rings. The second kappa shape index (κ2) is 8.81. The van der Waals surface area contributed by atoms with Gasteiger partial charge in [-0.1, -0.05) is 23.7 Å². The van der Waals surface area contributed by atoms with E-state index in [1.807, 2.05) is 57.2 Å². The predicted molar refractivity (Wildman–Crippen MR) is 105 cm³/mol. The van der Waals surface area contributed by atoms with Crippen molar-refractivity contribution in [1.82, 2.24) is 5.32 Å². The highest BCUT2D eigenvalue weighted by molar-refractivity contribution is 6.30. The van der Waals surface area contributed by atoms with E-state index in [1.54, 1.807) is 13.2 Å². The van der Waals surface area contributed by atoms with Crippen LogP contribution in [-0.2, 0) is 11.3 Å². The fourth-order valence-electron chi connectivity index (χ4n) is 2.34. The van der Waals surface area contributed by atoms with Crippen molar-refractivity contribution in [2.24, 2.45) is 0 Å². The molecule has 0 spiro atoms. The third kappa shape index (κ3) is 6.48. The van der Waals surface area contributed by atoms with E-state index in [0.29, 0.717) is 23.1 Å². The smallest absolute Gasteiger partial charge is 0.258 e. The number of ether oxygens (including phenoxy) is 2. The number of methoxy groups -OCH3 is 1. The van der Waals surface area contributed by atoms with E-state index in [1.165, 1.54) is 0 Å². The van der Waals surface area contributed by atoms with E-state index in [-0.39, 0.29) is 18.1 Å². The number of carbonyl (C=O) groups excluding carboxylic acids is 1. The highest BCUT2D eigenvalue weighted by Gasteiger charge is 2.15. The van der Waals surface area contributed by atoms with Crippen LogP contribution in [0, 0.1) is 0 Å². The zero-order chi connectivity index (χ0) is 19.2. The summed E-state index contributed by atoms with van der Waals surface area (Å²) in [6.07, 6.45) is 0. The molecule has 1 amide bonds. The molecule has 2 rings (SSSR count). The van der Waals surface area contributed by atoms with E-state index >= 15 is 0 Å². The summed E-state index contributed by atoms with van der Waals surface area (Å²) < 4.78 is 11.0. The molecule has 0 heterocycles. The van der Waals surface area contributed by atoms with Crippen LogP contribution in [0.1, 0.15) is 26.3 Å². The number of amides is 1. The lowest BCUT2D eigenvalue weighted by Crippen LogP contribution is -2.43. The Morgan fingerprint density at radius 1 is 1.12 bits per heavy atom. The molecule has 0 saturated heterocycles. The first kappa shape index (κ1) is 19.9. The minimum Gasteiger partial charge on any atom is -0.493 e.